The van der Waals surface area contributed by atoms with Crippen LogP contribution in [0.2, 0.25) is 0 Å². The van der Waals surface area contributed by atoms with Crippen LogP contribution in [0.4, 0.5) is 0 Å². The zero-order valence-corrected chi connectivity index (χ0v) is 12.8. The Morgan fingerprint density at radius 3 is 2.55 bits per heavy atom. The third-order valence-electron chi connectivity index (χ3n) is 4.35. The summed E-state index contributed by atoms with van der Waals surface area (Å²) in [7, 11) is 0. The molecule has 0 bridgehead atoms. The van der Waals surface area contributed by atoms with Crippen molar-refractivity contribution >= 4 is 0 Å². The molecule has 5 heteroatoms. The Morgan fingerprint density at radius 1 is 1.30 bits per heavy atom. The molecular formula is C15H30N2O3. The molecular weight excluding hydrogens is 256 g/mol. The standard InChI is InChI=1S/C15H30N2O3/c1-12(2)6-16-9-15(4-3-5-20-11-15)10-17-7-13(18)14(19)8-17/h12-14,16,18-19H,3-11H2,1-2H3. The highest BCUT2D eigenvalue weighted by Crippen LogP contribution is 2.30. The molecule has 0 radical (unpaired) electrons. The summed E-state index contributed by atoms with van der Waals surface area (Å²) in [4.78, 5) is 2.18. The van der Waals surface area contributed by atoms with Crippen molar-refractivity contribution in [2.45, 2.75) is 38.9 Å². The summed E-state index contributed by atoms with van der Waals surface area (Å²) in [5.41, 5.74) is 0.122. The molecule has 0 aromatic carbocycles. The van der Waals surface area contributed by atoms with Gasteiger partial charge in [-0.05, 0) is 25.3 Å². The van der Waals surface area contributed by atoms with Gasteiger partial charge in [0.2, 0.25) is 0 Å². The maximum Gasteiger partial charge on any atom is 0.0938 e. The minimum atomic E-state index is -0.597. The molecule has 2 rings (SSSR count). The fourth-order valence-corrected chi connectivity index (χ4v) is 3.31. The van der Waals surface area contributed by atoms with E-state index in [1.165, 1.54) is 0 Å². The van der Waals surface area contributed by atoms with Gasteiger partial charge in [-0.3, -0.25) is 4.90 Å². The van der Waals surface area contributed by atoms with E-state index in [9.17, 15) is 10.2 Å². The number of ether oxygens (including phenoxy) is 1. The van der Waals surface area contributed by atoms with Gasteiger partial charge in [0.25, 0.3) is 0 Å². The molecule has 0 aromatic heterocycles. The molecule has 5 nitrogen and oxygen atoms in total. The largest absolute Gasteiger partial charge is 0.389 e. The predicted molar refractivity (Wildman–Crippen MR) is 78.6 cm³/mol. The second-order valence-corrected chi connectivity index (χ2v) is 7.01. The lowest BCUT2D eigenvalue weighted by molar-refractivity contribution is -0.0249. The van der Waals surface area contributed by atoms with Gasteiger partial charge in [0.05, 0.1) is 18.8 Å². The third kappa shape index (κ3) is 4.40. The van der Waals surface area contributed by atoms with Crippen LogP contribution in [0, 0.1) is 11.3 Å². The Bertz CT molecular complexity index is 283. The maximum absolute atomic E-state index is 9.69. The van der Waals surface area contributed by atoms with E-state index in [0.717, 1.165) is 45.7 Å². The fraction of sp³-hybridized carbons (Fsp3) is 1.00. The molecule has 0 aromatic rings. The smallest absolute Gasteiger partial charge is 0.0938 e. The van der Waals surface area contributed by atoms with Crippen molar-refractivity contribution in [1.82, 2.24) is 10.2 Å². The number of rotatable bonds is 6. The van der Waals surface area contributed by atoms with Crippen LogP contribution in [0.1, 0.15) is 26.7 Å². The highest BCUT2D eigenvalue weighted by Gasteiger charge is 2.38. The second kappa shape index (κ2) is 7.18. The maximum atomic E-state index is 9.69. The van der Waals surface area contributed by atoms with Crippen LogP contribution >= 0.6 is 0 Å². The molecule has 3 atom stereocenters. The zero-order chi connectivity index (χ0) is 14.6. The first-order valence-corrected chi connectivity index (χ1v) is 7.88. The first-order chi connectivity index (χ1) is 9.51. The Hall–Kier alpha value is -0.200. The average Bonchev–Trinajstić information content (AvgIpc) is 2.68. The first kappa shape index (κ1) is 16.2. The van der Waals surface area contributed by atoms with Crippen molar-refractivity contribution in [2.75, 3.05) is 45.9 Å². The Balaban J connectivity index is 1.89. The molecule has 3 unspecified atom stereocenters. The van der Waals surface area contributed by atoms with Crippen molar-refractivity contribution < 1.29 is 14.9 Å². The molecule has 2 saturated heterocycles. The third-order valence-corrected chi connectivity index (χ3v) is 4.35. The van der Waals surface area contributed by atoms with Gasteiger partial charge in [0, 0.05) is 38.2 Å². The number of hydrogen-bond acceptors (Lipinski definition) is 5. The SMILES string of the molecule is CC(C)CNCC1(CN2CC(O)C(O)C2)CCCOC1. The molecule has 2 heterocycles. The van der Waals surface area contributed by atoms with Crippen molar-refractivity contribution in [3.8, 4) is 0 Å². The van der Waals surface area contributed by atoms with Crippen molar-refractivity contribution in [3.63, 3.8) is 0 Å². The number of aliphatic hydroxyl groups excluding tert-OH is 2. The lowest BCUT2D eigenvalue weighted by Gasteiger charge is -2.40. The minimum Gasteiger partial charge on any atom is -0.389 e. The van der Waals surface area contributed by atoms with Crippen LogP contribution in [0.15, 0.2) is 0 Å². The van der Waals surface area contributed by atoms with Crippen LogP contribution in [0.3, 0.4) is 0 Å². The van der Waals surface area contributed by atoms with E-state index in [-0.39, 0.29) is 5.41 Å². The summed E-state index contributed by atoms with van der Waals surface area (Å²) >= 11 is 0. The summed E-state index contributed by atoms with van der Waals surface area (Å²) < 4.78 is 5.72. The molecule has 0 saturated carbocycles. The molecule has 0 aliphatic carbocycles. The zero-order valence-electron chi connectivity index (χ0n) is 12.8. The van der Waals surface area contributed by atoms with Gasteiger partial charge in [-0.25, -0.2) is 0 Å². The molecule has 2 fully saturated rings. The van der Waals surface area contributed by atoms with E-state index in [4.69, 9.17) is 4.74 Å². The lowest BCUT2D eigenvalue weighted by Crippen LogP contribution is -2.49. The highest BCUT2D eigenvalue weighted by molar-refractivity contribution is 4.92. The number of aliphatic hydroxyl groups is 2. The van der Waals surface area contributed by atoms with E-state index in [0.29, 0.717) is 19.0 Å². The molecule has 20 heavy (non-hydrogen) atoms. The van der Waals surface area contributed by atoms with Gasteiger partial charge >= 0.3 is 0 Å². The molecule has 2 aliphatic heterocycles. The molecule has 3 N–H and O–H groups in total. The highest BCUT2D eigenvalue weighted by atomic mass is 16.5. The van der Waals surface area contributed by atoms with E-state index in [1.54, 1.807) is 0 Å². The molecule has 118 valence electrons. The number of hydrogen-bond donors (Lipinski definition) is 3. The van der Waals surface area contributed by atoms with E-state index in [1.807, 2.05) is 0 Å². The van der Waals surface area contributed by atoms with Crippen LogP contribution in [0.5, 0.6) is 0 Å². The van der Waals surface area contributed by atoms with Gasteiger partial charge in [0.1, 0.15) is 0 Å². The minimum absolute atomic E-state index is 0.122. The van der Waals surface area contributed by atoms with Gasteiger partial charge in [-0.15, -0.1) is 0 Å². The average molecular weight is 286 g/mol. The van der Waals surface area contributed by atoms with E-state index in [2.05, 4.69) is 24.1 Å². The Morgan fingerprint density at radius 2 is 2.00 bits per heavy atom. The molecule has 0 spiro atoms. The molecule has 0 amide bonds. The van der Waals surface area contributed by atoms with Gasteiger partial charge in [-0.1, -0.05) is 13.8 Å². The summed E-state index contributed by atoms with van der Waals surface area (Å²) in [6, 6.07) is 0. The van der Waals surface area contributed by atoms with Crippen LogP contribution in [-0.2, 0) is 4.74 Å². The Labute approximate surface area is 122 Å². The summed E-state index contributed by atoms with van der Waals surface area (Å²) in [5.74, 6) is 0.645. The van der Waals surface area contributed by atoms with Crippen molar-refractivity contribution in [1.29, 1.82) is 0 Å². The monoisotopic (exact) mass is 286 g/mol. The Kier molecular flexibility index (Phi) is 5.81. The van der Waals surface area contributed by atoms with Crippen LogP contribution in [-0.4, -0.2) is 73.3 Å². The normalized spacial score (nSPS) is 35.9. The first-order valence-electron chi connectivity index (χ1n) is 7.88. The molecule has 2 aliphatic rings. The van der Waals surface area contributed by atoms with Gasteiger partial charge < -0.3 is 20.3 Å². The summed E-state index contributed by atoms with van der Waals surface area (Å²) in [6.07, 6.45) is 1.06. The van der Waals surface area contributed by atoms with Crippen molar-refractivity contribution in [3.05, 3.63) is 0 Å². The van der Waals surface area contributed by atoms with E-state index >= 15 is 0 Å². The van der Waals surface area contributed by atoms with Gasteiger partial charge in [-0.2, -0.15) is 0 Å². The number of likely N-dealkylation sites (tertiary alicyclic amines) is 1. The number of nitrogens with zero attached hydrogens (tertiary/aromatic N) is 1. The lowest BCUT2D eigenvalue weighted by atomic mass is 9.81. The summed E-state index contributed by atoms with van der Waals surface area (Å²) in [5, 5.41) is 22.9. The van der Waals surface area contributed by atoms with E-state index < -0.39 is 12.2 Å². The van der Waals surface area contributed by atoms with Crippen LogP contribution in [0.25, 0.3) is 0 Å². The van der Waals surface area contributed by atoms with Gasteiger partial charge in [0.15, 0.2) is 0 Å². The van der Waals surface area contributed by atoms with Crippen molar-refractivity contribution in [2.24, 2.45) is 11.3 Å². The van der Waals surface area contributed by atoms with Crippen LogP contribution < -0.4 is 5.32 Å². The number of β-amino-alcohol motifs (C(OH)–C–C–N with tert-alkyl or cyclic N) is 2. The number of nitrogens with one attached hydrogen (secondary N) is 1. The quantitative estimate of drug-likeness (QED) is 0.645. The fourth-order valence-electron chi connectivity index (χ4n) is 3.31. The topological polar surface area (TPSA) is 65.0 Å². The predicted octanol–water partition coefficient (Wildman–Crippen LogP) is 0.0662. The second-order valence-electron chi connectivity index (χ2n) is 7.01. The summed E-state index contributed by atoms with van der Waals surface area (Å²) in [6.45, 7) is 10.1.